The van der Waals surface area contributed by atoms with E-state index in [1.807, 2.05) is 6.92 Å². The van der Waals surface area contributed by atoms with Crippen LogP contribution >= 0.6 is 24.0 Å². The number of likely N-dealkylation sites (tertiary alicyclic amines) is 1. The van der Waals surface area contributed by atoms with Gasteiger partial charge in [0.2, 0.25) is 0 Å². The Bertz CT molecular complexity index is 554. The lowest BCUT2D eigenvalue weighted by atomic mass is 9.98. The van der Waals surface area contributed by atoms with Gasteiger partial charge in [0.1, 0.15) is 0 Å². The molecular weight excluding hydrogens is 477 g/mol. The fraction of sp³-hybridized carbons (Fsp3) is 0.938. The molecule has 0 amide bonds. The van der Waals surface area contributed by atoms with Crippen molar-refractivity contribution in [2.75, 3.05) is 39.3 Å². The number of sulfonamides is 1. The Morgan fingerprint density at radius 1 is 1.23 bits per heavy atom. The van der Waals surface area contributed by atoms with Crippen LogP contribution in [0.1, 0.15) is 39.5 Å². The van der Waals surface area contributed by atoms with Gasteiger partial charge >= 0.3 is 5.76 Å². The minimum Gasteiger partial charge on any atom is -0.357 e. The quantitative estimate of drug-likeness (QED) is 0.353. The first-order valence-electron chi connectivity index (χ1n) is 9.15. The molecule has 0 aromatic carbocycles. The van der Waals surface area contributed by atoms with Crippen molar-refractivity contribution in [2.45, 2.75) is 45.3 Å². The number of piperidine rings is 2. The lowest BCUT2D eigenvalue weighted by molar-refractivity contribution is 0.204. The van der Waals surface area contributed by atoms with Gasteiger partial charge in [-0.3, -0.25) is 4.99 Å². The van der Waals surface area contributed by atoms with Crippen molar-refractivity contribution in [2.24, 2.45) is 16.8 Å². The van der Waals surface area contributed by atoms with Crippen LogP contribution < -0.4 is 5.32 Å². The molecule has 154 valence electrons. The molecule has 10 heteroatoms. The van der Waals surface area contributed by atoms with Gasteiger partial charge < -0.3 is 10.2 Å². The molecule has 0 aromatic rings. The Balaban J connectivity index is 0.00000338. The highest BCUT2D eigenvalue weighted by molar-refractivity contribution is 14.0. The van der Waals surface area contributed by atoms with Crippen molar-refractivity contribution in [3.8, 4) is 0 Å². The van der Waals surface area contributed by atoms with Crippen LogP contribution in [0.25, 0.3) is 0 Å². The summed E-state index contributed by atoms with van der Waals surface area (Å²) >= 11 is 0. The highest BCUT2D eigenvalue weighted by Gasteiger charge is 2.34. The largest absolute Gasteiger partial charge is 0.357 e. The second kappa shape index (κ2) is 10.9. The van der Waals surface area contributed by atoms with Crippen LogP contribution in [0.2, 0.25) is 0 Å². The van der Waals surface area contributed by atoms with Gasteiger partial charge in [0.15, 0.2) is 5.96 Å². The summed E-state index contributed by atoms with van der Waals surface area (Å²) in [4.78, 5) is 7.02. The Hall–Kier alpha value is -0.230. The van der Waals surface area contributed by atoms with E-state index in [1.54, 1.807) is 0 Å². The SMILES string of the molecule is CCNC(=NCC1CCN(S(=O)(=O)C(F)F)CC1)N1CCCC(C)C1.I. The van der Waals surface area contributed by atoms with Crippen LogP contribution in [0.15, 0.2) is 4.99 Å². The fourth-order valence-electron chi connectivity index (χ4n) is 3.48. The molecule has 0 aliphatic carbocycles. The third-order valence-electron chi connectivity index (χ3n) is 4.95. The molecule has 1 atom stereocenters. The Labute approximate surface area is 172 Å². The molecule has 0 bridgehead atoms. The normalized spacial score (nSPS) is 23.8. The van der Waals surface area contributed by atoms with E-state index in [1.165, 1.54) is 6.42 Å². The average molecular weight is 508 g/mol. The van der Waals surface area contributed by atoms with Crippen LogP contribution in [-0.4, -0.2) is 68.6 Å². The number of rotatable bonds is 5. The van der Waals surface area contributed by atoms with Crippen molar-refractivity contribution >= 4 is 40.0 Å². The maximum atomic E-state index is 12.6. The summed E-state index contributed by atoms with van der Waals surface area (Å²) in [6, 6.07) is 0. The van der Waals surface area contributed by atoms with Gasteiger partial charge in [-0.05, 0) is 44.4 Å². The fourth-order valence-corrected chi connectivity index (χ4v) is 4.43. The first kappa shape index (κ1) is 23.8. The zero-order valence-electron chi connectivity index (χ0n) is 15.5. The molecule has 0 spiro atoms. The summed E-state index contributed by atoms with van der Waals surface area (Å²) in [7, 11) is -4.44. The standard InChI is InChI=1S/C16H30F2N4O2S.HI/c1-3-19-16(21-8-4-5-13(2)12-21)20-11-14-6-9-22(10-7-14)25(23,24)15(17)18;/h13-15H,3-12H2,1-2H3,(H,19,20);1H. The van der Waals surface area contributed by atoms with E-state index in [9.17, 15) is 17.2 Å². The number of aliphatic imine (C=N–C) groups is 1. The minimum atomic E-state index is -4.44. The maximum Gasteiger partial charge on any atom is 0.350 e. The van der Waals surface area contributed by atoms with E-state index in [2.05, 4.69) is 17.1 Å². The van der Waals surface area contributed by atoms with E-state index in [0.29, 0.717) is 25.3 Å². The molecule has 2 saturated heterocycles. The van der Waals surface area contributed by atoms with Crippen molar-refractivity contribution in [1.29, 1.82) is 0 Å². The number of hydrogen-bond acceptors (Lipinski definition) is 3. The van der Waals surface area contributed by atoms with Gasteiger partial charge in [-0.2, -0.15) is 13.1 Å². The van der Waals surface area contributed by atoms with Gasteiger partial charge in [0.25, 0.3) is 10.0 Å². The Morgan fingerprint density at radius 2 is 1.88 bits per heavy atom. The molecule has 2 heterocycles. The predicted octanol–water partition coefficient (Wildman–Crippen LogP) is 2.57. The number of nitrogens with zero attached hydrogens (tertiary/aromatic N) is 3. The van der Waals surface area contributed by atoms with Crippen molar-refractivity contribution in [3.63, 3.8) is 0 Å². The van der Waals surface area contributed by atoms with Crippen LogP contribution in [0, 0.1) is 11.8 Å². The predicted molar refractivity (Wildman–Crippen MR) is 111 cm³/mol. The zero-order valence-corrected chi connectivity index (χ0v) is 18.7. The van der Waals surface area contributed by atoms with Crippen LogP contribution in [-0.2, 0) is 10.0 Å². The number of alkyl halides is 2. The van der Waals surface area contributed by atoms with Gasteiger partial charge in [0, 0.05) is 39.3 Å². The summed E-state index contributed by atoms with van der Waals surface area (Å²) in [5, 5.41) is 3.33. The van der Waals surface area contributed by atoms with Crippen molar-refractivity contribution < 1.29 is 17.2 Å². The molecule has 1 unspecified atom stereocenters. The summed E-state index contributed by atoms with van der Waals surface area (Å²) in [5.74, 6) is -1.53. The van der Waals surface area contributed by atoms with Gasteiger partial charge in [-0.15, -0.1) is 24.0 Å². The molecular formula is C16H31F2IN4O2S. The molecule has 2 aliphatic heterocycles. The molecule has 0 saturated carbocycles. The highest BCUT2D eigenvalue weighted by atomic mass is 127. The summed E-state index contributed by atoms with van der Waals surface area (Å²) in [6.45, 7) is 8.00. The van der Waals surface area contributed by atoms with Crippen LogP contribution in [0.3, 0.4) is 0 Å². The molecule has 0 radical (unpaired) electrons. The van der Waals surface area contributed by atoms with E-state index in [-0.39, 0.29) is 43.0 Å². The van der Waals surface area contributed by atoms with Crippen molar-refractivity contribution in [3.05, 3.63) is 0 Å². The van der Waals surface area contributed by atoms with Crippen LogP contribution in [0.5, 0.6) is 0 Å². The monoisotopic (exact) mass is 508 g/mol. The third kappa shape index (κ3) is 6.43. The maximum absolute atomic E-state index is 12.6. The molecule has 2 rings (SSSR count). The van der Waals surface area contributed by atoms with E-state index >= 15 is 0 Å². The number of guanidine groups is 1. The number of hydrogen-bond donors (Lipinski definition) is 1. The molecule has 1 N–H and O–H groups in total. The first-order chi connectivity index (χ1) is 11.8. The Morgan fingerprint density at radius 3 is 2.42 bits per heavy atom. The smallest absolute Gasteiger partial charge is 0.350 e. The first-order valence-corrected chi connectivity index (χ1v) is 10.6. The molecule has 0 aromatic heterocycles. The topological polar surface area (TPSA) is 65.0 Å². The van der Waals surface area contributed by atoms with Gasteiger partial charge in [0.05, 0.1) is 0 Å². The lowest BCUT2D eigenvalue weighted by Crippen LogP contribution is -2.46. The van der Waals surface area contributed by atoms with Gasteiger partial charge in [-0.1, -0.05) is 6.92 Å². The zero-order chi connectivity index (χ0) is 18.4. The summed E-state index contributed by atoms with van der Waals surface area (Å²) in [6.07, 6.45) is 3.55. The third-order valence-corrected chi connectivity index (χ3v) is 6.48. The molecule has 2 fully saturated rings. The molecule has 26 heavy (non-hydrogen) atoms. The lowest BCUT2D eigenvalue weighted by Gasteiger charge is -2.34. The summed E-state index contributed by atoms with van der Waals surface area (Å²) < 4.78 is 49.1. The number of nitrogens with one attached hydrogen (secondary N) is 1. The highest BCUT2D eigenvalue weighted by Crippen LogP contribution is 2.23. The number of halogens is 3. The second-order valence-electron chi connectivity index (χ2n) is 7.04. The van der Waals surface area contributed by atoms with E-state index < -0.39 is 15.8 Å². The summed E-state index contributed by atoms with van der Waals surface area (Å²) in [5.41, 5.74) is 0. The van der Waals surface area contributed by atoms with Crippen LogP contribution in [0.4, 0.5) is 8.78 Å². The molecule has 2 aliphatic rings. The van der Waals surface area contributed by atoms with E-state index in [4.69, 9.17) is 4.99 Å². The van der Waals surface area contributed by atoms with Crippen molar-refractivity contribution in [1.82, 2.24) is 14.5 Å². The Kier molecular flexibility index (Phi) is 10.0. The second-order valence-corrected chi connectivity index (χ2v) is 8.94. The molecule has 6 nitrogen and oxygen atoms in total. The van der Waals surface area contributed by atoms with Gasteiger partial charge in [-0.25, -0.2) is 8.42 Å². The van der Waals surface area contributed by atoms with E-state index in [0.717, 1.165) is 36.3 Å². The average Bonchev–Trinajstić information content (AvgIpc) is 2.59. The minimum absolute atomic E-state index is 0.